The third kappa shape index (κ3) is 4.95. The Hall–Kier alpha value is -2.98. The third-order valence-electron chi connectivity index (χ3n) is 4.42. The Morgan fingerprint density at radius 3 is 2.87 bits per heavy atom. The van der Waals surface area contributed by atoms with Crippen LogP contribution in [0.2, 0.25) is 5.02 Å². The maximum absolute atomic E-state index is 12.4. The smallest absolute Gasteiger partial charge is 0.341 e. The zero-order valence-corrected chi connectivity index (χ0v) is 17.6. The minimum atomic E-state index is -0.640. The van der Waals surface area contributed by atoms with Gasteiger partial charge in [-0.1, -0.05) is 17.7 Å². The van der Waals surface area contributed by atoms with Crippen molar-refractivity contribution in [2.24, 2.45) is 5.10 Å². The van der Waals surface area contributed by atoms with Crippen molar-refractivity contribution < 1.29 is 19.2 Å². The Balaban J connectivity index is 1.71. The van der Waals surface area contributed by atoms with Crippen molar-refractivity contribution in [3.63, 3.8) is 0 Å². The van der Waals surface area contributed by atoms with Crippen molar-refractivity contribution in [2.75, 3.05) is 11.9 Å². The summed E-state index contributed by atoms with van der Waals surface area (Å²) in [6.07, 6.45) is 4.92. The Morgan fingerprint density at radius 2 is 2.13 bits per heavy atom. The van der Waals surface area contributed by atoms with Gasteiger partial charge in [0.1, 0.15) is 10.0 Å². The fourth-order valence-corrected chi connectivity index (χ4v) is 4.58. The van der Waals surface area contributed by atoms with E-state index in [0.717, 1.165) is 36.1 Å². The second-order valence-electron chi connectivity index (χ2n) is 6.43. The van der Waals surface area contributed by atoms with Crippen LogP contribution in [0.15, 0.2) is 23.3 Å². The van der Waals surface area contributed by atoms with Crippen LogP contribution in [0.4, 0.5) is 15.5 Å². The summed E-state index contributed by atoms with van der Waals surface area (Å²) in [5.41, 5.74) is 3.78. The Labute approximate surface area is 181 Å². The molecule has 1 aliphatic carbocycles. The Kier molecular flexibility index (Phi) is 7.01. The summed E-state index contributed by atoms with van der Waals surface area (Å²) in [4.78, 5) is 36.1. The van der Waals surface area contributed by atoms with E-state index in [9.17, 15) is 19.7 Å². The largest absolute Gasteiger partial charge is 0.462 e. The molecule has 1 aromatic heterocycles. The minimum absolute atomic E-state index is 0.0102. The first kappa shape index (κ1) is 21.7. The SMILES string of the molecule is CCOC(=O)c1c(NC(=O)N/N=C/c2ccc(Cl)c([N+](=O)[O-])c2)sc2c1CCCC2. The van der Waals surface area contributed by atoms with Gasteiger partial charge in [-0.3, -0.25) is 15.4 Å². The molecule has 0 atom stereocenters. The first-order valence-corrected chi connectivity index (χ1v) is 10.5. The predicted octanol–water partition coefficient (Wildman–Crippen LogP) is 4.52. The van der Waals surface area contributed by atoms with Crippen LogP contribution in [-0.2, 0) is 17.6 Å². The number of hydrazone groups is 1. The molecule has 0 aliphatic heterocycles. The number of esters is 1. The molecule has 0 bridgehead atoms. The number of carbonyl (C=O) groups excluding carboxylic acids is 2. The van der Waals surface area contributed by atoms with Gasteiger partial charge in [-0.2, -0.15) is 5.10 Å². The predicted molar refractivity (Wildman–Crippen MR) is 115 cm³/mol. The lowest BCUT2D eigenvalue weighted by molar-refractivity contribution is -0.384. The van der Waals surface area contributed by atoms with Crippen LogP contribution in [0.25, 0.3) is 0 Å². The molecule has 3 rings (SSSR count). The number of hydrogen-bond donors (Lipinski definition) is 2. The van der Waals surface area contributed by atoms with Gasteiger partial charge in [0.2, 0.25) is 0 Å². The summed E-state index contributed by atoms with van der Waals surface area (Å²) >= 11 is 7.14. The molecule has 0 saturated heterocycles. The van der Waals surface area contributed by atoms with E-state index in [0.29, 0.717) is 16.1 Å². The van der Waals surface area contributed by atoms with Crippen LogP contribution in [0.5, 0.6) is 0 Å². The maximum Gasteiger partial charge on any atom is 0.341 e. The van der Waals surface area contributed by atoms with E-state index in [-0.39, 0.29) is 17.3 Å². The molecule has 2 amide bonds. The average molecular weight is 451 g/mol. The number of benzene rings is 1. The number of rotatable bonds is 6. The highest BCUT2D eigenvalue weighted by Crippen LogP contribution is 2.38. The van der Waals surface area contributed by atoms with Crippen LogP contribution in [0.1, 0.15) is 46.1 Å². The summed E-state index contributed by atoms with van der Waals surface area (Å²) in [5.74, 6) is -0.454. The van der Waals surface area contributed by atoms with Gasteiger partial charge in [-0.05, 0) is 44.2 Å². The van der Waals surface area contributed by atoms with Gasteiger partial charge < -0.3 is 4.74 Å². The first-order chi connectivity index (χ1) is 14.4. The molecule has 2 N–H and O–H groups in total. The molecular formula is C19H19ClN4O5S. The molecule has 0 spiro atoms. The summed E-state index contributed by atoms with van der Waals surface area (Å²) in [7, 11) is 0. The van der Waals surface area contributed by atoms with Gasteiger partial charge in [-0.25, -0.2) is 15.0 Å². The molecule has 158 valence electrons. The van der Waals surface area contributed by atoms with Crippen LogP contribution in [0.3, 0.4) is 0 Å². The van der Waals surface area contributed by atoms with Gasteiger partial charge in [0.15, 0.2) is 0 Å². The number of hydrogen-bond acceptors (Lipinski definition) is 7. The van der Waals surface area contributed by atoms with Crippen molar-refractivity contribution in [1.29, 1.82) is 0 Å². The summed E-state index contributed by atoms with van der Waals surface area (Å²) in [6.45, 7) is 1.97. The van der Waals surface area contributed by atoms with Gasteiger partial charge in [0, 0.05) is 16.5 Å². The van der Waals surface area contributed by atoms with Gasteiger partial charge in [0.05, 0.1) is 23.3 Å². The molecule has 0 saturated carbocycles. The number of halogens is 1. The number of urea groups is 1. The first-order valence-electron chi connectivity index (χ1n) is 9.26. The van der Waals surface area contributed by atoms with E-state index in [1.165, 1.54) is 35.8 Å². The van der Waals surface area contributed by atoms with E-state index in [2.05, 4.69) is 15.8 Å². The number of amides is 2. The summed E-state index contributed by atoms with van der Waals surface area (Å²) in [6, 6.07) is 3.52. The highest BCUT2D eigenvalue weighted by molar-refractivity contribution is 7.17. The van der Waals surface area contributed by atoms with Crippen molar-refractivity contribution >= 4 is 51.8 Å². The van der Waals surface area contributed by atoms with E-state index >= 15 is 0 Å². The number of nitrogens with one attached hydrogen (secondary N) is 2. The molecule has 2 aromatic rings. The summed E-state index contributed by atoms with van der Waals surface area (Å²) in [5, 5.41) is 17.8. The number of thiophene rings is 1. The molecule has 0 fully saturated rings. The topological polar surface area (TPSA) is 123 Å². The number of nitro benzene ring substituents is 1. The van der Waals surface area contributed by atoms with E-state index in [4.69, 9.17) is 16.3 Å². The fourth-order valence-electron chi connectivity index (χ4n) is 3.12. The second-order valence-corrected chi connectivity index (χ2v) is 7.94. The zero-order valence-electron chi connectivity index (χ0n) is 16.1. The van der Waals surface area contributed by atoms with Crippen LogP contribution < -0.4 is 10.7 Å². The maximum atomic E-state index is 12.4. The minimum Gasteiger partial charge on any atom is -0.462 e. The standard InChI is InChI=1S/C19H19ClN4O5S/c1-2-29-18(25)16-12-5-3-4-6-15(12)30-17(16)22-19(26)23-21-10-11-7-8-13(20)14(9-11)24(27)28/h7-10H,2-6H2,1H3,(H2,22,23,26)/b21-10+. The molecule has 0 unspecified atom stereocenters. The van der Waals surface area contributed by atoms with Crippen molar-refractivity contribution in [3.8, 4) is 0 Å². The molecular weight excluding hydrogens is 432 g/mol. The zero-order chi connectivity index (χ0) is 21.7. The lowest BCUT2D eigenvalue weighted by Crippen LogP contribution is -2.25. The average Bonchev–Trinajstić information content (AvgIpc) is 3.07. The normalized spacial score (nSPS) is 13.0. The van der Waals surface area contributed by atoms with Gasteiger partial charge in [0.25, 0.3) is 5.69 Å². The van der Waals surface area contributed by atoms with Gasteiger partial charge in [-0.15, -0.1) is 11.3 Å². The fraction of sp³-hybridized carbons (Fsp3) is 0.316. The number of anilines is 1. The molecule has 1 heterocycles. The number of ether oxygens (including phenoxy) is 1. The van der Waals surface area contributed by atoms with Gasteiger partial charge >= 0.3 is 12.0 Å². The van der Waals surface area contributed by atoms with Crippen molar-refractivity contribution in [1.82, 2.24) is 5.43 Å². The van der Waals surface area contributed by atoms with Crippen molar-refractivity contribution in [2.45, 2.75) is 32.6 Å². The quantitative estimate of drug-likeness (QED) is 0.290. The van der Waals surface area contributed by atoms with E-state index in [1.807, 2.05) is 0 Å². The number of nitrogens with zero attached hydrogens (tertiary/aromatic N) is 2. The molecule has 30 heavy (non-hydrogen) atoms. The summed E-state index contributed by atoms with van der Waals surface area (Å²) < 4.78 is 5.15. The lowest BCUT2D eigenvalue weighted by Gasteiger charge is -2.12. The second kappa shape index (κ2) is 9.68. The number of fused-ring (bicyclic) bond motifs is 1. The molecule has 11 heteroatoms. The van der Waals surface area contributed by atoms with Crippen LogP contribution >= 0.6 is 22.9 Å². The number of aryl methyl sites for hydroxylation is 1. The molecule has 1 aromatic carbocycles. The van der Waals surface area contributed by atoms with Crippen molar-refractivity contribution in [3.05, 3.63) is 54.9 Å². The highest BCUT2D eigenvalue weighted by atomic mass is 35.5. The number of carbonyl (C=O) groups is 2. The van der Waals surface area contributed by atoms with E-state index in [1.54, 1.807) is 6.92 Å². The monoisotopic (exact) mass is 450 g/mol. The highest BCUT2D eigenvalue weighted by Gasteiger charge is 2.27. The van der Waals surface area contributed by atoms with Crippen LogP contribution in [0, 0.1) is 10.1 Å². The molecule has 0 radical (unpaired) electrons. The Morgan fingerprint density at radius 1 is 1.37 bits per heavy atom. The lowest BCUT2D eigenvalue weighted by atomic mass is 9.95. The molecule has 9 nitrogen and oxygen atoms in total. The Bertz CT molecular complexity index is 1020. The number of nitro groups is 1. The molecule has 1 aliphatic rings. The third-order valence-corrected chi connectivity index (χ3v) is 5.95. The van der Waals surface area contributed by atoms with E-state index < -0.39 is 16.9 Å². The van der Waals surface area contributed by atoms with Crippen LogP contribution in [-0.4, -0.2) is 29.7 Å².